The number of carbonyl (C=O) groups excluding carboxylic acids is 1. The maximum absolute atomic E-state index is 11.8. The number of aliphatic hydroxyl groups is 1. The van der Waals surface area contributed by atoms with Crippen LogP contribution in [0.25, 0.3) is 0 Å². The predicted octanol–water partition coefficient (Wildman–Crippen LogP) is 1.59. The van der Waals surface area contributed by atoms with Gasteiger partial charge in [-0.25, -0.2) is 0 Å². The number of carbonyl (C=O) groups is 1. The Hall–Kier alpha value is -1.99. The van der Waals surface area contributed by atoms with Crippen LogP contribution in [0.1, 0.15) is 30.1 Å². The van der Waals surface area contributed by atoms with Crippen LogP contribution in [0.3, 0.4) is 0 Å². The molecule has 0 radical (unpaired) electrons. The summed E-state index contributed by atoms with van der Waals surface area (Å²) in [4.78, 5) is 11.8. The zero-order chi connectivity index (χ0) is 14.1. The Labute approximate surface area is 113 Å². The van der Waals surface area contributed by atoms with E-state index in [2.05, 4.69) is 11.2 Å². The Kier molecular flexibility index (Phi) is 6.48. The molecule has 1 amide bonds. The van der Waals surface area contributed by atoms with Gasteiger partial charge in [0.15, 0.2) is 0 Å². The van der Waals surface area contributed by atoms with Gasteiger partial charge in [-0.3, -0.25) is 4.79 Å². The SMILES string of the molecule is C#CCOc1ccc(C(=O)NCCC(O)CC)cc1. The van der Waals surface area contributed by atoms with Crippen LogP contribution in [0.15, 0.2) is 24.3 Å². The molecule has 0 aromatic heterocycles. The maximum atomic E-state index is 11.8. The number of hydrogen-bond acceptors (Lipinski definition) is 3. The largest absolute Gasteiger partial charge is 0.481 e. The number of aliphatic hydroxyl groups excluding tert-OH is 1. The lowest BCUT2D eigenvalue weighted by Gasteiger charge is -2.09. The number of rotatable bonds is 7. The summed E-state index contributed by atoms with van der Waals surface area (Å²) < 4.78 is 5.22. The van der Waals surface area contributed by atoms with Gasteiger partial charge in [-0.1, -0.05) is 12.8 Å². The molecule has 4 heteroatoms. The molecular weight excluding hydrogens is 242 g/mol. The third-order valence-corrected chi connectivity index (χ3v) is 2.67. The first-order valence-electron chi connectivity index (χ1n) is 6.30. The second-order valence-corrected chi connectivity index (χ2v) is 4.12. The van der Waals surface area contributed by atoms with Crippen LogP contribution < -0.4 is 10.1 Å². The van der Waals surface area contributed by atoms with Crippen molar-refractivity contribution in [3.05, 3.63) is 29.8 Å². The normalized spacial score (nSPS) is 11.4. The van der Waals surface area contributed by atoms with Gasteiger partial charge in [-0.2, -0.15) is 0 Å². The molecule has 0 saturated carbocycles. The second-order valence-electron chi connectivity index (χ2n) is 4.12. The van der Waals surface area contributed by atoms with Crippen molar-refractivity contribution in [3.8, 4) is 18.1 Å². The second kappa shape index (κ2) is 8.17. The highest BCUT2D eigenvalue weighted by molar-refractivity contribution is 5.94. The van der Waals surface area contributed by atoms with Crippen LogP contribution in [0.2, 0.25) is 0 Å². The van der Waals surface area contributed by atoms with E-state index in [0.29, 0.717) is 30.7 Å². The van der Waals surface area contributed by atoms with Crippen molar-refractivity contribution in [2.45, 2.75) is 25.9 Å². The zero-order valence-corrected chi connectivity index (χ0v) is 11.1. The van der Waals surface area contributed by atoms with Crippen LogP contribution in [0.4, 0.5) is 0 Å². The highest BCUT2D eigenvalue weighted by Gasteiger charge is 2.06. The van der Waals surface area contributed by atoms with Gasteiger partial charge >= 0.3 is 0 Å². The van der Waals surface area contributed by atoms with E-state index in [1.165, 1.54) is 0 Å². The molecule has 102 valence electrons. The molecule has 0 heterocycles. The van der Waals surface area contributed by atoms with Crippen molar-refractivity contribution in [2.75, 3.05) is 13.2 Å². The minimum absolute atomic E-state index is 0.160. The van der Waals surface area contributed by atoms with Crippen LogP contribution in [0, 0.1) is 12.3 Å². The van der Waals surface area contributed by atoms with E-state index in [0.717, 1.165) is 0 Å². The predicted molar refractivity (Wildman–Crippen MR) is 74.0 cm³/mol. The summed E-state index contributed by atoms with van der Waals surface area (Å²) in [6, 6.07) is 6.76. The van der Waals surface area contributed by atoms with Gasteiger partial charge in [0.25, 0.3) is 5.91 Å². The zero-order valence-electron chi connectivity index (χ0n) is 11.1. The quantitative estimate of drug-likeness (QED) is 0.733. The smallest absolute Gasteiger partial charge is 0.251 e. The number of hydrogen-bond donors (Lipinski definition) is 2. The molecule has 19 heavy (non-hydrogen) atoms. The summed E-state index contributed by atoms with van der Waals surface area (Å²) in [7, 11) is 0. The fourth-order valence-corrected chi connectivity index (χ4v) is 1.49. The van der Waals surface area contributed by atoms with Gasteiger partial charge in [0.2, 0.25) is 0 Å². The summed E-state index contributed by atoms with van der Waals surface area (Å²) in [6.07, 6.45) is 5.98. The number of ether oxygens (including phenoxy) is 1. The summed E-state index contributed by atoms with van der Waals surface area (Å²) >= 11 is 0. The maximum Gasteiger partial charge on any atom is 0.251 e. The van der Waals surface area contributed by atoms with Crippen LogP contribution >= 0.6 is 0 Å². The molecule has 1 atom stereocenters. The molecule has 0 spiro atoms. The molecule has 0 aliphatic carbocycles. The van der Waals surface area contributed by atoms with Crippen molar-refractivity contribution in [3.63, 3.8) is 0 Å². The Morgan fingerprint density at radius 2 is 2.16 bits per heavy atom. The number of nitrogens with one attached hydrogen (secondary N) is 1. The van der Waals surface area contributed by atoms with Gasteiger partial charge in [0, 0.05) is 12.1 Å². The van der Waals surface area contributed by atoms with Crippen LogP contribution in [-0.2, 0) is 0 Å². The molecule has 1 unspecified atom stereocenters. The third kappa shape index (κ3) is 5.45. The van der Waals surface area contributed by atoms with E-state index < -0.39 is 0 Å². The van der Waals surface area contributed by atoms with Crippen molar-refractivity contribution >= 4 is 5.91 Å². The van der Waals surface area contributed by atoms with Gasteiger partial charge in [-0.05, 0) is 37.1 Å². The number of amides is 1. The summed E-state index contributed by atoms with van der Waals surface area (Å²) in [5.41, 5.74) is 0.555. The highest BCUT2D eigenvalue weighted by Crippen LogP contribution is 2.11. The van der Waals surface area contributed by atoms with Gasteiger partial charge in [0.1, 0.15) is 12.4 Å². The van der Waals surface area contributed by atoms with E-state index in [9.17, 15) is 9.90 Å². The Morgan fingerprint density at radius 1 is 1.47 bits per heavy atom. The highest BCUT2D eigenvalue weighted by atomic mass is 16.5. The van der Waals surface area contributed by atoms with E-state index >= 15 is 0 Å². The topological polar surface area (TPSA) is 58.6 Å². The fraction of sp³-hybridized carbons (Fsp3) is 0.400. The molecule has 0 fully saturated rings. The minimum Gasteiger partial charge on any atom is -0.481 e. The molecule has 2 N–H and O–H groups in total. The van der Waals surface area contributed by atoms with E-state index in [1.807, 2.05) is 6.92 Å². The lowest BCUT2D eigenvalue weighted by atomic mass is 10.2. The van der Waals surface area contributed by atoms with Crippen LogP contribution in [-0.4, -0.2) is 30.3 Å². The Bertz CT molecular complexity index is 434. The van der Waals surface area contributed by atoms with Crippen molar-refractivity contribution in [1.82, 2.24) is 5.32 Å². The molecule has 1 aromatic carbocycles. The monoisotopic (exact) mass is 261 g/mol. The summed E-state index contributed by atoms with van der Waals surface area (Å²) in [5.74, 6) is 2.85. The molecule has 0 saturated heterocycles. The molecule has 0 aliphatic heterocycles. The Balaban J connectivity index is 2.42. The molecule has 1 rings (SSSR count). The average molecular weight is 261 g/mol. The molecule has 0 bridgehead atoms. The first-order valence-corrected chi connectivity index (χ1v) is 6.30. The van der Waals surface area contributed by atoms with Crippen molar-refractivity contribution < 1.29 is 14.6 Å². The lowest BCUT2D eigenvalue weighted by molar-refractivity contribution is 0.0942. The molecular formula is C15H19NO3. The van der Waals surface area contributed by atoms with Gasteiger partial charge < -0.3 is 15.2 Å². The summed E-state index contributed by atoms with van der Waals surface area (Å²) in [5, 5.41) is 12.1. The van der Waals surface area contributed by atoms with Gasteiger partial charge in [0.05, 0.1) is 6.10 Å². The van der Waals surface area contributed by atoms with Crippen molar-refractivity contribution in [2.24, 2.45) is 0 Å². The molecule has 0 aliphatic rings. The van der Waals surface area contributed by atoms with Crippen LogP contribution in [0.5, 0.6) is 5.75 Å². The third-order valence-electron chi connectivity index (χ3n) is 2.67. The van der Waals surface area contributed by atoms with E-state index in [-0.39, 0.29) is 18.6 Å². The van der Waals surface area contributed by atoms with Gasteiger partial charge in [-0.15, -0.1) is 6.42 Å². The minimum atomic E-state index is -0.361. The first kappa shape index (κ1) is 15.1. The first-order chi connectivity index (χ1) is 9.17. The molecule has 1 aromatic rings. The van der Waals surface area contributed by atoms with E-state index in [1.54, 1.807) is 24.3 Å². The lowest BCUT2D eigenvalue weighted by Crippen LogP contribution is -2.26. The van der Waals surface area contributed by atoms with Crippen molar-refractivity contribution in [1.29, 1.82) is 0 Å². The number of benzene rings is 1. The van der Waals surface area contributed by atoms with E-state index in [4.69, 9.17) is 11.2 Å². The number of terminal acetylenes is 1. The standard InChI is InChI=1S/C15H19NO3/c1-3-11-19-14-7-5-12(6-8-14)15(18)16-10-9-13(17)4-2/h1,5-8,13,17H,4,9-11H2,2H3,(H,16,18). The molecule has 4 nitrogen and oxygen atoms in total. The summed E-state index contributed by atoms with van der Waals surface area (Å²) in [6.45, 7) is 2.57. The average Bonchev–Trinajstić information content (AvgIpc) is 2.45. The fourth-order valence-electron chi connectivity index (χ4n) is 1.49. The Morgan fingerprint density at radius 3 is 2.74 bits per heavy atom.